The van der Waals surface area contributed by atoms with Crippen molar-refractivity contribution in [2.24, 2.45) is 0 Å². The summed E-state index contributed by atoms with van der Waals surface area (Å²) in [5.41, 5.74) is 0.604. The van der Waals surface area contributed by atoms with E-state index in [9.17, 15) is 4.79 Å². The van der Waals surface area contributed by atoms with Crippen LogP contribution in [0.15, 0.2) is 84.9 Å². The van der Waals surface area contributed by atoms with E-state index in [2.05, 4.69) is 5.32 Å². The first kappa shape index (κ1) is 20.3. The highest BCUT2D eigenvalue weighted by atomic mass is 16.5. The number of amides is 1. The Bertz CT molecular complexity index is 884. The van der Waals surface area contributed by atoms with Gasteiger partial charge in [0.05, 0.1) is 5.69 Å². The van der Waals surface area contributed by atoms with Crippen molar-refractivity contribution < 1.29 is 19.0 Å². The lowest BCUT2D eigenvalue weighted by atomic mass is 10.2. The minimum Gasteiger partial charge on any atom is -0.490 e. The first-order valence-corrected chi connectivity index (χ1v) is 9.68. The average Bonchev–Trinajstić information content (AvgIpc) is 2.77. The Labute approximate surface area is 171 Å². The number of para-hydroxylation sites is 4. The van der Waals surface area contributed by atoms with Crippen molar-refractivity contribution in [3.8, 4) is 17.2 Å². The molecule has 0 radical (unpaired) electrons. The van der Waals surface area contributed by atoms with E-state index in [-0.39, 0.29) is 5.91 Å². The molecule has 0 saturated carbocycles. The second-order valence-corrected chi connectivity index (χ2v) is 6.32. The Balaban J connectivity index is 1.55. The van der Waals surface area contributed by atoms with Gasteiger partial charge >= 0.3 is 0 Å². The molecule has 1 N–H and O–H groups in total. The van der Waals surface area contributed by atoms with E-state index < -0.39 is 6.10 Å². The number of anilines is 1. The van der Waals surface area contributed by atoms with Gasteiger partial charge in [0, 0.05) is 0 Å². The topological polar surface area (TPSA) is 56.8 Å². The largest absolute Gasteiger partial charge is 0.490 e. The van der Waals surface area contributed by atoms with Gasteiger partial charge in [0.2, 0.25) is 0 Å². The molecule has 0 bridgehead atoms. The van der Waals surface area contributed by atoms with Crippen molar-refractivity contribution in [1.82, 2.24) is 0 Å². The molecular weight excluding hydrogens is 366 g/mol. The minimum atomic E-state index is -0.591. The van der Waals surface area contributed by atoms with Crippen molar-refractivity contribution in [2.75, 3.05) is 18.5 Å². The van der Waals surface area contributed by atoms with Gasteiger partial charge in [0.15, 0.2) is 6.10 Å². The normalized spacial score (nSPS) is 11.3. The SMILES string of the molecule is CCC(Oc1ccccc1)C(=O)Nc1ccccc1OCCOc1ccccc1. The van der Waals surface area contributed by atoms with Crippen molar-refractivity contribution in [3.63, 3.8) is 0 Å². The van der Waals surface area contributed by atoms with Gasteiger partial charge in [-0.2, -0.15) is 0 Å². The van der Waals surface area contributed by atoms with Crippen LogP contribution in [0, 0.1) is 0 Å². The van der Waals surface area contributed by atoms with Crippen molar-refractivity contribution in [1.29, 1.82) is 0 Å². The highest BCUT2D eigenvalue weighted by Gasteiger charge is 2.19. The molecule has 0 heterocycles. The third-order valence-corrected chi connectivity index (χ3v) is 4.18. The van der Waals surface area contributed by atoms with Crippen LogP contribution in [0.2, 0.25) is 0 Å². The fraction of sp³-hybridized carbons (Fsp3) is 0.208. The van der Waals surface area contributed by atoms with Crippen LogP contribution in [0.4, 0.5) is 5.69 Å². The Kier molecular flexibility index (Phi) is 7.52. The zero-order chi connectivity index (χ0) is 20.3. The van der Waals surface area contributed by atoms with Crippen molar-refractivity contribution >= 4 is 11.6 Å². The summed E-state index contributed by atoms with van der Waals surface area (Å²) in [7, 11) is 0. The lowest BCUT2D eigenvalue weighted by Crippen LogP contribution is -2.32. The number of hydrogen-bond acceptors (Lipinski definition) is 4. The number of hydrogen-bond donors (Lipinski definition) is 1. The van der Waals surface area contributed by atoms with Crippen molar-refractivity contribution in [2.45, 2.75) is 19.4 Å². The molecular formula is C24H25NO4. The standard InChI is InChI=1S/C24H25NO4/c1-2-22(29-20-13-7-4-8-14-20)24(26)25-21-15-9-10-16-23(21)28-18-17-27-19-11-5-3-6-12-19/h3-16,22H,2,17-18H2,1H3,(H,25,26). The number of ether oxygens (including phenoxy) is 3. The van der Waals surface area contributed by atoms with E-state index in [1.165, 1.54) is 0 Å². The molecule has 1 atom stereocenters. The summed E-state index contributed by atoms with van der Waals surface area (Å²) >= 11 is 0. The quantitative estimate of drug-likeness (QED) is 0.497. The summed E-state index contributed by atoms with van der Waals surface area (Å²) < 4.78 is 17.3. The molecule has 0 aliphatic rings. The monoisotopic (exact) mass is 391 g/mol. The lowest BCUT2D eigenvalue weighted by Gasteiger charge is -2.18. The molecule has 3 aromatic carbocycles. The van der Waals surface area contributed by atoms with Crippen LogP contribution < -0.4 is 19.5 Å². The second-order valence-electron chi connectivity index (χ2n) is 6.32. The summed E-state index contributed by atoms with van der Waals surface area (Å²) in [6.45, 7) is 2.68. The predicted octanol–water partition coefficient (Wildman–Crippen LogP) is 4.94. The predicted molar refractivity (Wildman–Crippen MR) is 114 cm³/mol. The van der Waals surface area contributed by atoms with Gasteiger partial charge in [-0.05, 0) is 42.8 Å². The van der Waals surface area contributed by atoms with Crippen LogP contribution in [0.3, 0.4) is 0 Å². The van der Waals surface area contributed by atoms with E-state index in [0.717, 1.165) is 5.75 Å². The van der Waals surface area contributed by atoms with Crippen LogP contribution in [0.25, 0.3) is 0 Å². The Hall–Kier alpha value is -3.47. The van der Waals surface area contributed by atoms with Gasteiger partial charge in [-0.1, -0.05) is 55.5 Å². The van der Waals surface area contributed by atoms with Crippen LogP contribution in [-0.4, -0.2) is 25.2 Å². The van der Waals surface area contributed by atoms with E-state index in [1.807, 2.05) is 85.8 Å². The maximum atomic E-state index is 12.7. The molecule has 0 spiro atoms. The molecule has 3 rings (SSSR count). The summed E-state index contributed by atoms with van der Waals surface area (Å²) in [4.78, 5) is 12.7. The molecule has 1 amide bonds. The number of rotatable bonds is 10. The summed E-state index contributed by atoms with van der Waals surface area (Å²) in [6, 6.07) is 26.2. The van der Waals surface area contributed by atoms with E-state index in [1.54, 1.807) is 6.07 Å². The smallest absolute Gasteiger partial charge is 0.265 e. The fourth-order valence-corrected chi connectivity index (χ4v) is 2.72. The third-order valence-electron chi connectivity index (χ3n) is 4.18. The minimum absolute atomic E-state index is 0.215. The van der Waals surface area contributed by atoms with Gasteiger partial charge in [-0.3, -0.25) is 4.79 Å². The molecule has 0 fully saturated rings. The van der Waals surface area contributed by atoms with Gasteiger partial charge in [0.25, 0.3) is 5.91 Å². The third kappa shape index (κ3) is 6.28. The van der Waals surface area contributed by atoms with Crippen LogP contribution in [0.1, 0.15) is 13.3 Å². The van der Waals surface area contributed by atoms with E-state index in [0.29, 0.717) is 36.8 Å². The fourth-order valence-electron chi connectivity index (χ4n) is 2.72. The number of benzene rings is 3. The van der Waals surface area contributed by atoms with E-state index >= 15 is 0 Å². The highest BCUT2D eigenvalue weighted by molar-refractivity contribution is 5.95. The van der Waals surface area contributed by atoms with Crippen molar-refractivity contribution in [3.05, 3.63) is 84.9 Å². The molecule has 150 valence electrons. The lowest BCUT2D eigenvalue weighted by molar-refractivity contribution is -0.122. The Morgan fingerprint density at radius 2 is 1.38 bits per heavy atom. The zero-order valence-electron chi connectivity index (χ0n) is 16.4. The maximum absolute atomic E-state index is 12.7. The van der Waals surface area contributed by atoms with Gasteiger partial charge in [0.1, 0.15) is 30.5 Å². The summed E-state index contributed by atoms with van der Waals surface area (Å²) in [5, 5.41) is 2.91. The van der Waals surface area contributed by atoms with Gasteiger partial charge < -0.3 is 19.5 Å². The van der Waals surface area contributed by atoms with Crippen LogP contribution in [-0.2, 0) is 4.79 Å². The molecule has 1 unspecified atom stereocenters. The molecule has 0 aliphatic heterocycles. The Morgan fingerprint density at radius 1 is 0.793 bits per heavy atom. The number of carbonyl (C=O) groups is 1. The second kappa shape index (κ2) is 10.8. The van der Waals surface area contributed by atoms with Crippen LogP contribution >= 0.6 is 0 Å². The maximum Gasteiger partial charge on any atom is 0.265 e. The first-order valence-electron chi connectivity index (χ1n) is 9.68. The number of nitrogens with one attached hydrogen (secondary N) is 1. The molecule has 0 aromatic heterocycles. The molecule has 0 aliphatic carbocycles. The highest BCUT2D eigenvalue weighted by Crippen LogP contribution is 2.24. The molecule has 5 nitrogen and oxygen atoms in total. The first-order chi connectivity index (χ1) is 14.3. The molecule has 3 aromatic rings. The molecule has 0 saturated heterocycles. The average molecular weight is 391 g/mol. The van der Waals surface area contributed by atoms with Crippen LogP contribution in [0.5, 0.6) is 17.2 Å². The molecule has 5 heteroatoms. The van der Waals surface area contributed by atoms with Gasteiger partial charge in [-0.15, -0.1) is 0 Å². The Morgan fingerprint density at radius 3 is 2.07 bits per heavy atom. The van der Waals surface area contributed by atoms with Gasteiger partial charge in [-0.25, -0.2) is 0 Å². The zero-order valence-corrected chi connectivity index (χ0v) is 16.4. The summed E-state index contributed by atoms with van der Waals surface area (Å²) in [6.07, 6.45) is -0.0406. The summed E-state index contributed by atoms with van der Waals surface area (Å²) in [5.74, 6) is 1.83. The number of carbonyl (C=O) groups excluding carboxylic acids is 1. The van der Waals surface area contributed by atoms with E-state index in [4.69, 9.17) is 14.2 Å². The molecule has 29 heavy (non-hydrogen) atoms.